The largest absolute Gasteiger partial charge is 0.497 e. The molecule has 6 rings (SSSR count). The number of carbonyl (C=O) groups is 1. The lowest BCUT2D eigenvalue weighted by atomic mass is 9.94. The Hall–Kier alpha value is -3.37. The molecule has 2 aromatic heterocycles. The van der Waals surface area contributed by atoms with E-state index in [1.54, 1.807) is 41.4 Å². The number of halogens is 3. The van der Waals surface area contributed by atoms with Crippen LogP contribution in [0.25, 0.3) is 5.65 Å². The molecule has 8 nitrogen and oxygen atoms in total. The van der Waals surface area contributed by atoms with Crippen molar-refractivity contribution in [3.8, 4) is 11.5 Å². The molecule has 4 aromatic rings. The lowest BCUT2D eigenvalue weighted by Gasteiger charge is -2.36. The molecule has 2 aromatic carbocycles. The van der Waals surface area contributed by atoms with E-state index >= 15 is 4.39 Å². The van der Waals surface area contributed by atoms with Gasteiger partial charge in [0.25, 0.3) is 5.91 Å². The molecule has 0 saturated carbocycles. The number of hydrogen-bond donors (Lipinski definition) is 0. The molecule has 0 N–H and O–H groups in total. The van der Waals surface area contributed by atoms with Crippen LogP contribution in [0, 0.1) is 5.82 Å². The number of morpholine rings is 1. The Morgan fingerprint density at radius 1 is 1.10 bits per heavy atom. The van der Waals surface area contributed by atoms with Gasteiger partial charge >= 0.3 is 0 Å². The van der Waals surface area contributed by atoms with Crippen LogP contribution >= 0.6 is 23.2 Å². The molecular formula is C30H29Cl2FN4O4. The molecule has 1 unspecified atom stereocenters. The Morgan fingerprint density at radius 3 is 2.68 bits per heavy atom. The molecule has 1 fully saturated rings. The Labute approximate surface area is 247 Å². The third-order valence-corrected chi connectivity index (χ3v) is 8.07. The van der Waals surface area contributed by atoms with Gasteiger partial charge in [0.2, 0.25) is 0 Å². The van der Waals surface area contributed by atoms with Crippen molar-refractivity contribution in [1.29, 1.82) is 0 Å². The molecule has 4 heterocycles. The number of hydrogen-bond acceptors (Lipinski definition) is 6. The SMILES string of the molecule is COc1ccc(C2c3c(nc4cc(Cl)ccn34)CCN2C(=O)COc2ccc(CN3CCOCC3)cc2Cl)c(F)c1. The normalized spacial score (nSPS) is 17.5. The first-order valence-electron chi connectivity index (χ1n) is 13.4. The monoisotopic (exact) mass is 598 g/mol. The van der Waals surface area contributed by atoms with Crippen molar-refractivity contribution in [2.24, 2.45) is 0 Å². The lowest BCUT2D eigenvalue weighted by Crippen LogP contribution is -2.43. The van der Waals surface area contributed by atoms with Gasteiger partial charge in [-0.2, -0.15) is 0 Å². The summed E-state index contributed by atoms with van der Waals surface area (Å²) < 4.78 is 33.9. The maximum absolute atomic E-state index is 15.5. The second-order valence-electron chi connectivity index (χ2n) is 10.1. The molecule has 0 bridgehead atoms. The first kappa shape index (κ1) is 27.8. The van der Waals surface area contributed by atoms with Crippen LogP contribution < -0.4 is 9.47 Å². The standard InChI is InChI=1S/C30H29Cl2FN4O4/c1-39-21-3-4-22(24(33)16-21)29-30-25(34-27-15-20(31)6-8-36(27)30)7-9-37(29)28(38)18-41-26-5-2-19(14-23(26)32)17-35-10-12-40-13-11-35/h2-6,8,14-16,29H,7,9-13,17-18H2,1H3. The topological polar surface area (TPSA) is 68.5 Å². The van der Waals surface area contributed by atoms with Crippen LogP contribution in [0.2, 0.25) is 10.0 Å². The zero-order chi connectivity index (χ0) is 28.5. The molecule has 0 aliphatic carbocycles. The van der Waals surface area contributed by atoms with E-state index in [2.05, 4.69) is 4.90 Å². The molecule has 2 aliphatic heterocycles. The van der Waals surface area contributed by atoms with E-state index in [4.69, 9.17) is 42.4 Å². The summed E-state index contributed by atoms with van der Waals surface area (Å²) in [7, 11) is 1.48. The van der Waals surface area contributed by atoms with Crippen LogP contribution in [0.4, 0.5) is 4.39 Å². The van der Waals surface area contributed by atoms with Crippen LogP contribution in [0.3, 0.4) is 0 Å². The van der Waals surface area contributed by atoms with Crippen LogP contribution in [-0.4, -0.2) is 71.7 Å². The molecule has 41 heavy (non-hydrogen) atoms. The third-order valence-electron chi connectivity index (χ3n) is 7.54. The fraction of sp³-hybridized carbons (Fsp3) is 0.333. The van der Waals surface area contributed by atoms with Crippen molar-refractivity contribution < 1.29 is 23.4 Å². The number of methoxy groups -OCH3 is 1. The Balaban J connectivity index is 1.26. The average Bonchev–Trinajstić information content (AvgIpc) is 3.34. The first-order chi connectivity index (χ1) is 19.9. The first-order valence-corrected chi connectivity index (χ1v) is 14.2. The fourth-order valence-corrected chi connectivity index (χ4v) is 5.92. The zero-order valence-corrected chi connectivity index (χ0v) is 24.0. The van der Waals surface area contributed by atoms with Crippen LogP contribution in [0.5, 0.6) is 11.5 Å². The molecule has 1 amide bonds. The number of pyridine rings is 1. The van der Waals surface area contributed by atoms with Crippen LogP contribution in [0.1, 0.15) is 28.6 Å². The lowest BCUT2D eigenvalue weighted by molar-refractivity contribution is -0.135. The van der Waals surface area contributed by atoms with Crippen molar-refractivity contribution in [3.63, 3.8) is 0 Å². The van der Waals surface area contributed by atoms with E-state index in [-0.39, 0.29) is 12.5 Å². The number of benzene rings is 2. The van der Waals surface area contributed by atoms with Crippen LogP contribution in [0.15, 0.2) is 54.7 Å². The van der Waals surface area contributed by atoms with E-state index in [1.165, 1.54) is 13.2 Å². The Bertz CT molecular complexity index is 1590. The number of fused-ring (bicyclic) bond motifs is 3. The second-order valence-corrected chi connectivity index (χ2v) is 10.9. The van der Waals surface area contributed by atoms with Crippen molar-refractivity contribution >= 4 is 34.8 Å². The zero-order valence-electron chi connectivity index (χ0n) is 22.5. The molecule has 11 heteroatoms. The number of rotatable bonds is 7. The van der Waals surface area contributed by atoms with Gasteiger partial charge in [-0.15, -0.1) is 0 Å². The summed E-state index contributed by atoms with van der Waals surface area (Å²) in [6, 6.07) is 13.0. The van der Waals surface area contributed by atoms with Gasteiger partial charge in [-0.1, -0.05) is 29.3 Å². The molecule has 1 atom stereocenters. The Kier molecular flexibility index (Phi) is 8.03. The molecular weight excluding hydrogens is 570 g/mol. The summed E-state index contributed by atoms with van der Waals surface area (Å²) in [5.74, 6) is 0.0252. The highest BCUT2D eigenvalue weighted by Gasteiger charge is 2.37. The van der Waals surface area contributed by atoms with E-state index in [0.717, 1.165) is 44.1 Å². The van der Waals surface area contributed by atoms with Crippen LogP contribution in [-0.2, 0) is 22.5 Å². The second kappa shape index (κ2) is 11.9. The summed E-state index contributed by atoms with van der Waals surface area (Å²) in [4.78, 5) is 22.4. The minimum absolute atomic E-state index is 0.255. The maximum Gasteiger partial charge on any atom is 0.261 e. The number of aromatic nitrogens is 2. The highest BCUT2D eigenvalue weighted by atomic mass is 35.5. The summed E-state index contributed by atoms with van der Waals surface area (Å²) in [5.41, 5.74) is 3.53. The summed E-state index contributed by atoms with van der Waals surface area (Å²) in [6.07, 6.45) is 2.30. The summed E-state index contributed by atoms with van der Waals surface area (Å²) in [6.45, 7) is 4.04. The van der Waals surface area contributed by atoms with Gasteiger partial charge in [0.15, 0.2) is 6.61 Å². The van der Waals surface area contributed by atoms with Gasteiger partial charge < -0.3 is 23.5 Å². The molecule has 2 aliphatic rings. The van der Waals surface area contributed by atoms with E-state index < -0.39 is 11.9 Å². The summed E-state index contributed by atoms with van der Waals surface area (Å²) in [5, 5.41) is 0.974. The average molecular weight is 599 g/mol. The van der Waals surface area contributed by atoms with Crippen molar-refractivity contribution in [2.75, 3.05) is 46.6 Å². The number of imidazole rings is 1. The number of carbonyl (C=O) groups excluding carboxylic acids is 1. The molecule has 0 radical (unpaired) electrons. The predicted molar refractivity (Wildman–Crippen MR) is 153 cm³/mol. The van der Waals surface area contributed by atoms with Gasteiger partial charge in [-0.25, -0.2) is 9.37 Å². The third kappa shape index (κ3) is 5.72. The maximum atomic E-state index is 15.5. The quantitative estimate of drug-likeness (QED) is 0.292. The van der Waals surface area contributed by atoms with Crippen molar-refractivity contribution in [2.45, 2.75) is 19.0 Å². The molecule has 1 saturated heterocycles. The van der Waals surface area contributed by atoms with Crippen molar-refractivity contribution in [1.82, 2.24) is 19.2 Å². The highest BCUT2D eigenvalue weighted by molar-refractivity contribution is 6.32. The summed E-state index contributed by atoms with van der Waals surface area (Å²) >= 11 is 12.8. The predicted octanol–water partition coefficient (Wildman–Crippen LogP) is 5.17. The number of nitrogens with zero attached hydrogens (tertiary/aromatic N) is 4. The fourth-order valence-electron chi connectivity index (χ4n) is 5.50. The smallest absolute Gasteiger partial charge is 0.261 e. The van der Waals surface area contributed by atoms with Gasteiger partial charge in [0, 0.05) is 61.5 Å². The molecule has 214 valence electrons. The number of amides is 1. The van der Waals surface area contributed by atoms with Gasteiger partial charge in [-0.05, 0) is 35.9 Å². The number of ether oxygens (including phenoxy) is 3. The Morgan fingerprint density at radius 2 is 1.93 bits per heavy atom. The van der Waals surface area contributed by atoms with Gasteiger partial charge in [-0.3, -0.25) is 9.69 Å². The molecule has 0 spiro atoms. The van der Waals surface area contributed by atoms with E-state index in [1.807, 2.05) is 16.5 Å². The van der Waals surface area contributed by atoms with Gasteiger partial charge in [0.1, 0.15) is 29.0 Å². The highest BCUT2D eigenvalue weighted by Crippen LogP contribution is 2.38. The minimum Gasteiger partial charge on any atom is -0.497 e. The van der Waals surface area contributed by atoms with Crippen molar-refractivity contribution in [3.05, 3.63) is 93.1 Å². The van der Waals surface area contributed by atoms with E-state index in [9.17, 15) is 4.79 Å². The van der Waals surface area contributed by atoms with Gasteiger partial charge in [0.05, 0.1) is 36.7 Å². The minimum atomic E-state index is -0.733. The van der Waals surface area contributed by atoms with E-state index in [0.29, 0.717) is 51.4 Å².